The van der Waals surface area contributed by atoms with Crippen LogP contribution < -0.4 is 9.47 Å². The Kier molecular flexibility index (Phi) is 1.50. The average molecular weight is 164 g/mol. The van der Waals surface area contributed by atoms with Gasteiger partial charge in [-0.15, -0.1) is 0 Å². The maximum atomic E-state index is 10.9. The topological polar surface area (TPSA) is 35.5 Å². The number of aryl methyl sites for hydroxylation is 1. The molecule has 3 nitrogen and oxygen atoms in total. The number of hydrogen-bond donors (Lipinski definition) is 0. The zero-order valence-electron chi connectivity index (χ0n) is 6.66. The molecule has 0 saturated carbocycles. The molecule has 0 fully saturated rings. The Bertz CT molecular complexity index is 331. The molecular formula is C9H8O3. The molecule has 0 radical (unpaired) electrons. The molecule has 2 heterocycles. The Morgan fingerprint density at radius 3 is 3.00 bits per heavy atom. The second-order valence-electron chi connectivity index (χ2n) is 2.69. The number of rotatable bonds is 0. The SMILES string of the molecule is Cc1cc2ccc1OCC(=O)O2. The van der Waals surface area contributed by atoms with Crippen molar-refractivity contribution in [1.29, 1.82) is 0 Å². The summed E-state index contributed by atoms with van der Waals surface area (Å²) in [6, 6.07) is 5.31. The lowest BCUT2D eigenvalue weighted by molar-refractivity contribution is -0.136. The summed E-state index contributed by atoms with van der Waals surface area (Å²) in [5, 5.41) is 0. The highest BCUT2D eigenvalue weighted by atomic mass is 16.6. The summed E-state index contributed by atoms with van der Waals surface area (Å²) < 4.78 is 10.1. The van der Waals surface area contributed by atoms with Gasteiger partial charge in [-0.05, 0) is 30.7 Å². The van der Waals surface area contributed by atoms with E-state index in [1.807, 2.05) is 6.92 Å². The molecule has 0 N–H and O–H groups in total. The molecule has 0 aromatic heterocycles. The van der Waals surface area contributed by atoms with Crippen LogP contribution >= 0.6 is 0 Å². The van der Waals surface area contributed by atoms with E-state index in [2.05, 4.69) is 0 Å². The molecule has 2 aliphatic rings. The van der Waals surface area contributed by atoms with Crippen LogP contribution in [0.15, 0.2) is 18.2 Å². The van der Waals surface area contributed by atoms with Gasteiger partial charge in [0.25, 0.3) is 0 Å². The van der Waals surface area contributed by atoms with Gasteiger partial charge >= 0.3 is 5.97 Å². The fourth-order valence-electron chi connectivity index (χ4n) is 1.14. The molecule has 2 bridgehead atoms. The van der Waals surface area contributed by atoms with Gasteiger partial charge in [0.1, 0.15) is 11.5 Å². The molecular weight excluding hydrogens is 156 g/mol. The maximum absolute atomic E-state index is 10.9. The standard InChI is InChI=1S/C9H8O3/c1-6-4-7-2-3-8(6)11-5-9(10)12-7/h2-4H,5H2,1H3. The third-order valence-electron chi connectivity index (χ3n) is 1.72. The van der Waals surface area contributed by atoms with Crippen LogP contribution in [0.4, 0.5) is 0 Å². The van der Waals surface area contributed by atoms with E-state index in [-0.39, 0.29) is 12.6 Å². The predicted molar refractivity (Wildman–Crippen MR) is 42.3 cm³/mol. The van der Waals surface area contributed by atoms with Gasteiger partial charge in [-0.25, -0.2) is 4.79 Å². The van der Waals surface area contributed by atoms with Crippen LogP contribution in [0.5, 0.6) is 11.5 Å². The van der Waals surface area contributed by atoms with E-state index in [4.69, 9.17) is 9.47 Å². The van der Waals surface area contributed by atoms with E-state index in [0.717, 1.165) is 11.3 Å². The van der Waals surface area contributed by atoms with Crippen LogP contribution in [0.1, 0.15) is 5.56 Å². The second kappa shape index (κ2) is 2.52. The number of carbonyl (C=O) groups excluding carboxylic acids is 1. The fourth-order valence-corrected chi connectivity index (χ4v) is 1.14. The van der Waals surface area contributed by atoms with Crippen LogP contribution in [-0.2, 0) is 4.79 Å². The monoisotopic (exact) mass is 164 g/mol. The van der Waals surface area contributed by atoms with Gasteiger partial charge in [0, 0.05) is 0 Å². The molecule has 12 heavy (non-hydrogen) atoms. The van der Waals surface area contributed by atoms with E-state index in [1.54, 1.807) is 18.2 Å². The molecule has 2 aliphatic heterocycles. The first kappa shape index (κ1) is 7.16. The van der Waals surface area contributed by atoms with E-state index in [9.17, 15) is 4.79 Å². The molecule has 0 atom stereocenters. The van der Waals surface area contributed by atoms with Crippen LogP contribution in [0.25, 0.3) is 0 Å². The average Bonchev–Trinajstić information content (AvgIpc) is 1.99. The van der Waals surface area contributed by atoms with E-state index in [1.165, 1.54) is 0 Å². The number of carbonyl (C=O) groups is 1. The Labute approximate surface area is 69.9 Å². The molecule has 3 rings (SSSR count). The lowest BCUT2D eigenvalue weighted by Gasteiger charge is -2.14. The van der Waals surface area contributed by atoms with Crippen LogP contribution in [0, 0.1) is 6.92 Å². The van der Waals surface area contributed by atoms with Gasteiger partial charge in [-0.3, -0.25) is 0 Å². The van der Waals surface area contributed by atoms with Crippen molar-refractivity contribution < 1.29 is 14.3 Å². The van der Waals surface area contributed by atoms with Crippen molar-refractivity contribution in [3.05, 3.63) is 23.8 Å². The highest BCUT2D eigenvalue weighted by Crippen LogP contribution is 2.25. The van der Waals surface area contributed by atoms with Crippen molar-refractivity contribution >= 4 is 5.97 Å². The third kappa shape index (κ3) is 1.13. The Morgan fingerprint density at radius 1 is 1.42 bits per heavy atom. The normalized spacial score (nSPS) is 14.6. The van der Waals surface area contributed by atoms with Crippen LogP contribution in [0.3, 0.4) is 0 Å². The number of hydrogen-bond acceptors (Lipinski definition) is 3. The first-order valence-corrected chi connectivity index (χ1v) is 3.70. The molecule has 1 aromatic rings. The van der Waals surface area contributed by atoms with Crippen molar-refractivity contribution in [3.8, 4) is 11.5 Å². The highest BCUT2D eigenvalue weighted by Gasteiger charge is 2.12. The fraction of sp³-hybridized carbons (Fsp3) is 0.222. The van der Waals surface area contributed by atoms with E-state index < -0.39 is 0 Å². The highest BCUT2D eigenvalue weighted by molar-refractivity contribution is 5.74. The minimum absolute atomic E-state index is 0.00560. The summed E-state index contributed by atoms with van der Waals surface area (Å²) >= 11 is 0. The van der Waals surface area contributed by atoms with Crippen LogP contribution in [0.2, 0.25) is 0 Å². The molecule has 0 amide bonds. The van der Waals surface area contributed by atoms with Gasteiger partial charge in [-0.1, -0.05) is 0 Å². The number of esters is 1. The van der Waals surface area contributed by atoms with Crippen molar-refractivity contribution in [2.45, 2.75) is 6.92 Å². The zero-order valence-corrected chi connectivity index (χ0v) is 6.66. The third-order valence-corrected chi connectivity index (χ3v) is 1.72. The Balaban J connectivity index is 2.49. The summed E-state index contributed by atoms with van der Waals surface area (Å²) in [7, 11) is 0. The second-order valence-corrected chi connectivity index (χ2v) is 2.69. The zero-order chi connectivity index (χ0) is 8.55. The molecule has 0 saturated heterocycles. The number of benzene rings is 1. The molecule has 3 heteroatoms. The van der Waals surface area contributed by atoms with Gasteiger partial charge in [0.05, 0.1) is 0 Å². The first-order valence-electron chi connectivity index (χ1n) is 3.70. The van der Waals surface area contributed by atoms with E-state index in [0.29, 0.717) is 5.75 Å². The summed E-state index contributed by atoms with van der Waals surface area (Å²) in [6.45, 7) is 1.91. The van der Waals surface area contributed by atoms with Crippen molar-refractivity contribution in [1.82, 2.24) is 0 Å². The number of ether oxygens (including phenoxy) is 2. The minimum atomic E-state index is -0.351. The van der Waals surface area contributed by atoms with Crippen molar-refractivity contribution in [2.24, 2.45) is 0 Å². The molecule has 0 aliphatic carbocycles. The van der Waals surface area contributed by atoms with Crippen LogP contribution in [-0.4, -0.2) is 12.6 Å². The predicted octanol–water partition coefficient (Wildman–Crippen LogP) is 1.29. The number of fused-ring (bicyclic) bond motifs is 5. The van der Waals surface area contributed by atoms with Gasteiger partial charge < -0.3 is 9.47 Å². The largest absolute Gasteiger partial charge is 0.482 e. The first-order chi connectivity index (χ1) is 5.75. The van der Waals surface area contributed by atoms with E-state index >= 15 is 0 Å². The summed E-state index contributed by atoms with van der Waals surface area (Å²) in [6.07, 6.45) is 0. The van der Waals surface area contributed by atoms with Gasteiger partial charge in [0.2, 0.25) is 0 Å². The Morgan fingerprint density at radius 2 is 2.25 bits per heavy atom. The quantitative estimate of drug-likeness (QED) is 0.428. The molecule has 0 unspecified atom stereocenters. The maximum Gasteiger partial charge on any atom is 0.349 e. The lowest BCUT2D eigenvalue weighted by Crippen LogP contribution is -2.19. The molecule has 0 spiro atoms. The molecule has 62 valence electrons. The Hall–Kier alpha value is -1.51. The van der Waals surface area contributed by atoms with Crippen molar-refractivity contribution in [2.75, 3.05) is 6.61 Å². The minimum Gasteiger partial charge on any atom is -0.482 e. The summed E-state index contributed by atoms with van der Waals surface area (Å²) in [5.74, 6) is 0.982. The van der Waals surface area contributed by atoms with Crippen molar-refractivity contribution in [3.63, 3.8) is 0 Å². The smallest absolute Gasteiger partial charge is 0.349 e. The summed E-state index contributed by atoms with van der Waals surface area (Å²) in [5.41, 5.74) is 0.986. The van der Waals surface area contributed by atoms with Gasteiger partial charge in [0.15, 0.2) is 6.61 Å². The summed E-state index contributed by atoms with van der Waals surface area (Å²) in [4.78, 5) is 10.9. The lowest BCUT2D eigenvalue weighted by atomic mass is 10.2. The van der Waals surface area contributed by atoms with Gasteiger partial charge in [-0.2, -0.15) is 0 Å². The molecule has 1 aromatic carbocycles.